The number of nitrogens with zero attached hydrogens (tertiary/aromatic N) is 5. The number of benzene rings is 2. The molecule has 0 bridgehead atoms. The van der Waals surface area contributed by atoms with Gasteiger partial charge in [-0.05, 0) is 49.1 Å². The van der Waals surface area contributed by atoms with Crippen molar-refractivity contribution in [2.24, 2.45) is 4.99 Å². The lowest BCUT2D eigenvalue weighted by Gasteiger charge is -2.40. The van der Waals surface area contributed by atoms with Crippen molar-refractivity contribution in [1.29, 1.82) is 0 Å². The average Bonchev–Trinajstić information content (AvgIpc) is 3.32. The Balaban J connectivity index is 1.47. The highest BCUT2D eigenvalue weighted by Gasteiger charge is 2.54. The summed E-state index contributed by atoms with van der Waals surface area (Å²) in [5.41, 5.74) is 5.59. The van der Waals surface area contributed by atoms with E-state index in [9.17, 15) is 9.59 Å². The van der Waals surface area contributed by atoms with E-state index in [0.29, 0.717) is 6.54 Å². The predicted octanol–water partition coefficient (Wildman–Crippen LogP) is 2.89. The molecule has 0 aromatic heterocycles. The van der Waals surface area contributed by atoms with Crippen molar-refractivity contribution in [1.82, 2.24) is 14.7 Å². The largest absolute Gasteiger partial charge is 0.328 e. The van der Waals surface area contributed by atoms with E-state index in [0.717, 1.165) is 29.3 Å². The van der Waals surface area contributed by atoms with Gasteiger partial charge in [-0.3, -0.25) is 9.69 Å². The van der Waals surface area contributed by atoms with Crippen LogP contribution in [0.2, 0.25) is 0 Å². The molecule has 2 aromatic rings. The number of aliphatic imine (C=N–C) groups is 1. The number of hydrogen-bond acceptors (Lipinski definition) is 5. The van der Waals surface area contributed by atoms with E-state index < -0.39 is 12.2 Å². The van der Waals surface area contributed by atoms with Gasteiger partial charge in [0.25, 0.3) is 5.91 Å². The third kappa shape index (κ3) is 2.91. The van der Waals surface area contributed by atoms with Crippen molar-refractivity contribution in [3.63, 3.8) is 0 Å². The van der Waals surface area contributed by atoms with Crippen molar-refractivity contribution < 1.29 is 9.59 Å². The molecule has 2 unspecified atom stereocenters. The van der Waals surface area contributed by atoms with Crippen LogP contribution in [0.5, 0.6) is 0 Å². The minimum absolute atomic E-state index is 0.169. The number of urea groups is 1. The number of fused-ring (bicyclic) bond motifs is 3. The van der Waals surface area contributed by atoms with Crippen LogP contribution in [0.4, 0.5) is 10.5 Å². The molecule has 2 aromatic carbocycles. The minimum atomic E-state index is -0.490. The van der Waals surface area contributed by atoms with E-state index >= 15 is 0 Å². The lowest BCUT2D eigenvalue weighted by Crippen LogP contribution is -2.64. The van der Waals surface area contributed by atoms with Gasteiger partial charge in [-0.1, -0.05) is 36.4 Å². The molecule has 2 atom stereocenters. The zero-order valence-electron chi connectivity index (χ0n) is 18.4. The number of likely N-dealkylation sites (N-methyl/N-ethyl adjacent to an activating group) is 1. The van der Waals surface area contributed by atoms with E-state index in [2.05, 4.69) is 35.8 Å². The Hall–Kier alpha value is -3.35. The van der Waals surface area contributed by atoms with Crippen LogP contribution in [0.1, 0.15) is 22.3 Å². The Morgan fingerprint density at radius 2 is 1.71 bits per heavy atom. The summed E-state index contributed by atoms with van der Waals surface area (Å²) in [7, 11) is 1.74. The highest BCUT2D eigenvalue weighted by Crippen LogP contribution is 2.35. The molecule has 5 rings (SSSR count). The molecule has 0 aliphatic carbocycles. The molecule has 3 heterocycles. The summed E-state index contributed by atoms with van der Waals surface area (Å²) >= 11 is 0. The Labute approximate surface area is 182 Å². The Bertz CT molecular complexity index is 1110. The van der Waals surface area contributed by atoms with E-state index in [1.165, 1.54) is 16.0 Å². The summed E-state index contributed by atoms with van der Waals surface area (Å²) < 4.78 is 0. The highest BCUT2D eigenvalue weighted by atomic mass is 16.2. The monoisotopic (exact) mass is 417 g/mol. The Kier molecular flexibility index (Phi) is 4.50. The number of aryl methyl sites for hydroxylation is 2. The standard InChI is InChI=1S/C24H27N5O2/c1-15-9-7-11-19(17(15)3)27-12-13-28-20-21(25-23(27)28)26(4)24(31)29(22(20)30)14-18-10-6-5-8-16(18)2/h5-11,20-21H,12-14H2,1-4H3. The van der Waals surface area contributed by atoms with E-state index in [4.69, 9.17) is 4.99 Å². The quantitative estimate of drug-likeness (QED) is 0.771. The fraction of sp³-hybridized carbons (Fsp3) is 0.375. The topological polar surface area (TPSA) is 59.5 Å². The van der Waals surface area contributed by atoms with Gasteiger partial charge in [-0.25, -0.2) is 9.79 Å². The number of anilines is 1. The molecule has 0 saturated carbocycles. The maximum absolute atomic E-state index is 13.5. The first kappa shape index (κ1) is 19.6. The molecule has 3 amide bonds. The number of hydrogen-bond donors (Lipinski definition) is 0. The molecule has 3 aliphatic rings. The smallest absolute Gasteiger partial charge is 0.325 e. The number of carbonyl (C=O) groups is 2. The van der Waals surface area contributed by atoms with Crippen molar-refractivity contribution >= 4 is 23.6 Å². The van der Waals surface area contributed by atoms with E-state index in [-0.39, 0.29) is 18.5 Å². The average molecular weight is 418 g/mol. The summed E-state index contributed by atoms with van der Waals surface area (Å²) in [6.07, 6.45) is -0.490. The molecule has 0 N–H and O–H groups in total. The molecular formula is C24H27N5O2. The number of amides is 3. The maximum Gasteiger partial charge on any atom is 0.328 e. The lowest BCUT2D eigenvalue weighted by molar-refractivity contribution is -0.137. The third-order valence-electron chi connectivity index (χ3n) is 6.83. The van der Waals surface area contributed by atoms with Crippen LogP contribution in [0.3, 0.4) is 0 Å². The second-order valence-corrected chi connectivity index (χ2v) is 8.60. The molecule has 0 radical (unpaired) electrons. The SMILES string of the molecule is Cc1ccccc1CN1C(=O)C2C(N=C3N(c4cccc(C)c4C)CCN32)N(C)C1=O. The van der Waals surface area contributed by atoms with Crippen LogP contribution in [0.25, 0.3) is 0 Å². The normalized spacial score (nSPS) is 22.8. The lowest BCUT2D eigenvalue weighted by atomic mass is 10.1. The van der Waals surface area contributed by atoms with Crippen LogP contribution in [-0.2, 0) is 11.3 Å². The molecule has 7 heteroatoms. The molecule has 160 valence electrons. The molecule has 3 aliphatic heterocycles. The molecule has 0 spiro atoms. The van der Waals surface area contributed by atoms with Gasteiger partial charge in [-0.15, -0.1) is 0 Å². The van der Waals surface area contributed by atoms with Gasteiger partial charge in [0.1, 0.15) is 0 Å². The summed E-state index contributed by atoms with van der Waals surface area (Å²) in [5.74, 6) is 0.618. The first-order chi connectivity index (χ1) is 14.9. The van der Waals surface area contributed by atoms with Gasteiger partial charge >= 0.3 is 6.03 Å². The van der Waals surface area contributed by atoms with Crippen molar-refractivity contribution in [2.75, 3.05) is 25.0 Å². The van der Waals surface area contributed by atoms with Crippen molar-refractivity contribution in [3.8, 4) is 0 Å². The van der Waals surface area contributed by atoms with Crippen LogP contribution < -0.4 is 4.90 Å². The fourth-order valence-corrected chi connectivity index (χ4v) is 4.80. The van der Waals surface area contributed by atoms with Crippen LogP contribution in [0.15, 0.2) is 47.5 Å². The van der Waals surface area contributed by atoms with Crippen molar-refractivity contribution in [3.05, 3.63) is 64.7 Å². The summed E-state index contributed by atoms with van der Waals surface area (Å²) in [4.78, 5) is 38.7. The molecule has 31 heavy (non-hydrogen) atoms. The maximum atomic E-state index is 13.5. The van der Waals surface area contributed by atoms with Crippen LogP contribution >= 0.6 is 0 Å². The van der Waals surface area contributed by atoms with Crippen molar-refractivity contribution in [2.45, 2.75) is 39.5 Å². The zero-order valence-corrected chi connectivity index (χ0v) is 18.4. The van der Waals surface area contributed by atoms with Crippen LogP contribution in [0, 0.1) is 20.8 Å². The van der Waals surface area contributed by atoms with Gasteiger partial charge in [-0.2, -0.15) is 0 Å². The van der Waals surface area contributed by atoms with Gasteiger partial charge in [0.05, 0.1) is 6.54 Å². The second kappa shape index (κ2) is 7.11. The van der Waals surface area contributed by atoms with E-state index in [1.54, 1.807) is 11.9 Å². The zero-order chi connectivity index (χ0) is 21.9. The minimum Gasteiger partial charge on any atom is -0.325 e. The van der Waals surface area contributed by atoms with Gasteiger partial charge in [0.15, 0.2) is 12.2 Å². The molecular weight excluding hydrogens is 390 g/mol. The Morgan fingerprint density at radius 1 is 0.968 bits per heavy atom. The summed E-state index contributed by atoms with van der Waals surface area (Å²) in [6, 6.07) is 13.3. The molecule has 7 nitrogen and oxygen atoms in total. The molecule has 2 fully saturated rings. The van der Waals surface area contributed by atoms with Gasteiger partial charge in [0, 0.05) is 25.8 Å². The van der Waals surface area contributed by atoms with E-state index in [1.807, 2.05) is 37.3 Å². The third-order valence-corrected chi connectivity index (χ3v) is 6.83. The number of imide groups is 1. The second-order valence-electron chi connectivity index (χ2n) is 8.60. The fourth-order valence-electron chi connectivity index (χ4n) is 4.80. The summed E-state index contributed by atoms with van der Waals surface area (Å²) in [5, 5.41) is 0. The number of rotatable bonds is 3. The summed E-state index contributed by atoms with van der Waals surface area (Å²) in [6.45, 7) is 7.97. The first-order valence-electron chi connectivity index (χ1n) is 10.7. The highest BCUT2D eigenvalue weighted by molar-refractivity contribution is 6.08. The Morgan fingerprint density at radius 3 is 2.48 bits per heavy atom. The first-order valence-corrected chi connectivity index (χ1v) is 10.7. The van der Waals surface area contributed by atoms with Gasteiger partial charge < -0.3 is 14.7 Å². The number of carbonyl (C=O) groups excluding carboxylic acids is 2. The molecule has 2 saturated heterocycles. The predicted molar refractivity (Wildman–Crippen MR) is 120 cm³/mol. The van der Waals surface area contributed by atoms with Gasteiger partial charge in [0.2, 0.25) is 5.96 Å². The number of guanidine groups is 1. The van der Waals surface area contributed by atoms with Crippen LogP contribution in [-0.4, -0.2) is 64.9 Å².